The summed E-state index contributed by atoms with van der Waals surface area (Å²) in [6.45, 7) is 35.5. The molecule has 0 aromatic carbocycles. The Morgan fingerprint density at radius 2 is 0.920 bits per heavy atom. The van der Waals surface area contributed by atoms with Crippen LogP contribution in [0.2, 0.25) is 44.3 Å². The van der Waals surface area contributed by atoms with Crippen LogP contribution in [0.4, 0.5) is 11.6 Å². The van der Waals surface area contributed by atoms with E-state index in [9.17, 15) is 5.11 Å². The van der Waals surface area contributed by atoms with Crippen LogP contribution >= 0.6 is 24.4 Å². The Morgan fingerprint density at radius 3 is 1.32 bits per heavy atom. The maximum Gasteiger partial charge on any atom is 0.335 e. The van der Waals surface area contributed by atoms with E-state index in [1.54, 1.807) is 91.3 Å². The van der Waals surface area contributed by atoms with Crippen molar-refractivity contribution >= 4 is 91.9 Å². The van der Waals surface area contributed by atoms with E-state index in [1.807, 2.05) is 0 Å². The summed E-state index contributed by atoms with van der Waals surface area (Å²) < 4.78 is 70.7. The van der Waals surface area contributed by atoms with Gasteiger partial charge in [-0.05, 0) is 68.8 Å². The van der Waals surface area contributed by atoms with Crippen LogP contribution in [0.25, 0.3) is 11.3 Å². The van der Waals surface area contributed by atoms with Crippen molar-refractivity contribution in [1.29, 1.82) is 0 Å². The average Bonchev–Trinajstić information content (AvgIpc) is 1.75. The van der Waals surface area contributed by atoms with Gasteiger partial charge in [0.05, 0.1) is 37.0 Å². The van der Waals surface area contributed by atoms with E-state index in [-0.39, 0.29) is 61.1 Å². The third-order valence-corrected chi connectivity index (χ3v) is 38.2. The van der Waals surface area contributed by atoms with Crippen molar-refractivity contribution in [3.63, 3.8) is 0 Å². The summed E-state index contributed by atoms with van der Waals surface area (Å²) in [5.41, 5.74) is 15.7. The minimum Gasteiger partial charge on any atom is -0.461 e. The first-order valence-corrected chi connectivity index (χ1v) is 38.5. The molecule has 87 heavy (non-hydrogen) atoms. The topological polar surface area (TPSA) is 295 Å². The number of nitrogens with two attached hydrogens (primary N) is 2. The highest BCUT2D eigenvalue weighted by molar-refractivity contribution is 7.80. The number of anilines is 2. The van der Waals surface area contributed by atoms with Crippen molar-refractivity contribution in [2.24, 2.45) is 0 Å². The number of rotatable bonds is 11. The van der Waals surface area contributed by atoms with Crippen molar-refractivity contribution in [1.82, 2.24) is 67.8 Å². The molecule has 26 nitrogen and oxygen atoms in total. The molecule has 4 aliphatic heterocycles. The maximum atomic E-state index is 11.5. The van der Waals surface area contributed by atoms with Crippen LogP contribution in [-0.2, 0) is 40.1 Å². The van der Waals surface area contributed by atoms with Crippen molar-refractivity contribution in [2.45, 2.75) is 204 Å². The molecule has 474 valence electrons. The number of nitrogen functional groups attached to an aromatic ring is 2. The highest BCUT2D eigenvalue weighted by Gasteiger charge is 2.64. The van der Waals surface area contributed by atoms with Gasteiger partial charge in [-0.2, -0.15) is 10.2 Å². The number of fused-ring (bicyclic) bond motifs is 4. The molecule has 0 saturated carbocycles. The summed E-state index contributed by atoms with van der Waals surface area (Å²) in [7, 11) is -11.3. The van der Waals surface area contributed by atoms with Crippen LogP contribution in [-0.4, -0.2) is 167 Å². The Labute approximate surface area is 523 Å². The molecule has 4 aliphatic rings. The van der Waals surface area contributed by atoms with Gasteiger partial charge < -0.3 is 56.7 Å². The third kappa shape index (κ3) is 12.6. The second-order valence-electron chi connectivity index (χ2n) is 25.0. The van der Waals surface area contributed by atoms with E-state index >= 15 is 0 Å². The quantitative estimate of drug-likeness (QED) is 0.0805. The molecule has 8 atom stereocenters. The average molecular weight is 1310 g/mol. The molecule has 0 unspecified atom stereocenters. The molecular weight excluding hydrogens is 1220 g/mol. The normalized spacial score (nSPS) is 25.1. The molecule has 0 spiro atoms. The molecule has 0 aliphatic carbocycles. The molecule has 0 radical (unpaired) electrons. The number of aliphatic hydroxyl groups is 1. The van der Waals surface area contributed by atoms with Crippen molar-refractivity contribution in [2.75, 3.05) is 24.7 Å². The molecule has 7 aromatic heterocycles. The Hall–Kier alpha value is -5.18. The third-order valence-electron chi connectivity index (χ3n) is 17.0. The summed E-state index contributed by atoms with van der Waals surface area (Å²) in [5, 5.41) is 21.1. The molecule has 32 heteroatoms. The number of aliphatic hydroxyl groups excluding tert-OH is 1. The molecule has 4 saturated heterocycles. The zero-order valence-corrected chi connectivity index (χ0v) is 58.1. The lowest BCUT2D eigenvalue weighted by Crippen LogP contribution is -2.66. The molecule has 11 heterocycles. The zero-order chi connectivity index (χ0) is 63.1. The van der Waals surface area contributed by atoms with Crippen molar-refractivity contribution in [3.05, 3.63) is 92.6 Å². The highest BCUT2D eigenvalue weighted by atomic mass is 32.1. The van der Waals surface area contributed by atoms with Crippen molar-refractivity contribution < 1.29 is 45.3 Å². The van der Waals surface area contributed by atoms with Gasteiger partial charge in [-0.25, -0.2) is 43.9 Å². The van der Waals surface area contributed by atoms with E-state index < -0.39 is 83.1 Å². The van der Waals surface area contributed by atoms with Gasteiger partial charge in [0.15, 0.2) is 34.1 Å². The largest absolute Gasteiger partial charge is 0.461 e. The molecule has 0 amide bonds. The second kappa shape index (κ2) is 26.7. The van der Waals surface area contributed by atoms with Crippen LogP contribution in [0.15, 0.2) is 81.2 Å². The predicted molar refractivity (Wildman–Crippen MR) is 342 cm³/mol. The Morgan fingerprint density at radius 1 is 0.540 bits per heavy atom. The lowest BCUT2D eigenvalue weighted by molar-refractivity contribution is -0.0399. The Kier molecular flexibility index (Phi) is 20.3. The Bertz CT molecular complexity index is 3340. The zero-order valence-electron chi connectivity index (χ0n) is 52.5. The number of nitrogens with zero attached hydrogens (tertiary/aromatic N) is 14. The SMILES string of the molecule is CC(C)[Si]1(C(C)C)OC[C@H]2O[C@@H](c3cnc4c(N)ncnn34)[C@H](O)[C@@H]2O[Si](C(C)C)(C(C)C)O1.CC(C)[Si]1(C(C)C)OC[C@H]2O[C@@H](c3cnc4c(N)ncnn34)[C@H](OC(=S)n3ccnc3)[C@@H]2O[Si](C(C)C)(C(C)C)O1.S=C(n1ccnc1)n1ccnc1. The van der Waals surface area contributed by atoms with Crippen LogP contribution in [0, 0.1) is 0 Å². The predicted octanol–water partition coefficient (Wildman–Crippen LogP) is 8.74. The van der Waals surface area contributed by atoms with Crippen LogP contribution < -0.4 is 11.5 Å². The summed E-state index contributed by atoms with van der Waals surface area (Å²) >= 11 is 10.8. The molecule has 5 N–H and O–H groups in total. The van der Waals surface area contributed by atoms with Gasteiger partial charge in [0, 0.05) is 37.2 Å². The lowest BCUT2D eigenvalue weighted by Gasteiger charge is -2.51. The van der Waals surface area contributed by atoms with Crippen LogP contribution in [0.1, 0.15) is 134 Å². The second-order valence-corrected chi connectivity index (χ2v) is 43.4. The van der Waals surface area contributed by atoms with E-state index in [4.69, 9.17) is 76.0 Å². The fraction of sp³-hybridized carbons (Fsp3) is 0.618. The first kappa shape index (κ1) is 66.2. The van der Waals surface area contributed by atoms with Gasteiger partial charge in [0.25, 0.3) is 5.17 Å². The smallest absolute Gasteiger partial charge is 0.335 e. The number of ether oxygens (including phenoxy) is 3. The molecule has 4 fully saturated rings. The standard InChI is InChI=1S/C26H41N7O5SSi2.C22H39N5O5Si2.C7H6N4S/c1-15(2)40(16(3)4)34-12-20-22(37-41(38-40,17(5)6)18(7)8)23(36-26(39)32-10-9-28-14-32)21(35-20)19-11-29-25-24(27)30-13-31-33(19)25;1-12(2)33(13(3)4)29-10-17-20(31-34(32-33,14(5)6)15(7)8)18(28)19(30-17)16-9-24-22-21(23)25-11-26-27(16)22;12-7(10-3-1-8-5-10)11-4-2-9-6-11/h9-11,13-18,20-23H,12H2,1-8H3,(H2,27,30,31);9,11-15,17-20,28H,10H2,1-8H3,(H2,23,25,26);1-6H/t20-,21+,22-,23+;17-,18+,19+,20-;/m11./s1. The fourth-order valence-electron chi connectivity index (χ4n) is 12.4. The number of hydrogen-bond acceptors (Lipinski definition) is 23. The van der Waals surface area contributed by atoms with Gasteiger partial charge in [-0.3, -0.25) is 13.7 Å². The van der Waals surface area contributed by atoms with Crippen LogP contribution in [0.5, 0.6) is 0 Å². The summed E-state index contributed by atoms with van der Waals surface area (Å²) in [6, 6.07) is 0. The fourth-order valence-corrected chi connectivity index (χ4v) is 35.3. The highest BCUT2D eigenvalue weighted by Crippen LogP contribution is 2.51. The number of hydrogen-bond donors (Lipinski definition) is 3. The van der Waals surface area contributed by atoms with E-state index in [2.05, 4.69) is 156 Å². The minimum atomic E-state index is -2.96. The number of imidazole rings is 5. The maximum absolute atomic E-state index is 11.5. The van der Waals surface area contributed by atoms with Crippen molar-refractivity contribution in [3.8, 4) is 0 Å². The molecule has 11 rings (SSSR count). The van der Waals surface area contributed by atoms with E-state index in [0.717, 1.165) is 0 Å². The Balaban J connectivity index is 0.000000176. The minimum absolute atomic E-state index is 0.137. The van der Waals surface area contributed by atoms with E-state index in [1.165, 1.54) is 12.7 Å². The first-order chi connectivity index (χ1) is 41.2. The molecule has 0 bridgehead atoms. The monoisotopic (exact) mass is 1310 g/mol. The summed E-state index contributed by atoms with van der Waals surface area (Å²) in [6.07, 6.45) is 16.4. The summed E-state index contributed by atoms with van der Waals surface area (Å²) in [4.78, 5) is 28.8. The number of thiocarbonyl (C=S) groups is 2. The number of aromatic nitrogens is 14. The first-order valence-electron chi connectivity index (χ1n) is 29.8. The van der Waals surface area contributed by atoms with Gasteiger partial charge in [-0.15, -0.1) is 0 Å². The lowest BCUT2D eigenvalue weighted by atomic mass is 10.1. The van der Waals surface area contributed by atoms with Gasteiger partial charge in [0.2, 0.25) is 0 Å². The van der Waals surface area contributed by atoms with Gasteiger partial charge in [0.1, 0.15) is 74.4 Å². The molecular formula is C55H86N16O10S2Si4. The van der Waals surface area contributed by atoms with Gasteiger partial charge in [-0.1, -0.05) is 111 Å². The van der Waals surface area contributed by atoms with Gasteiger partial charge >= 0.3 is 34.2 Å². The summed E-state index contributed by atoms with van der Waals surface area (Å²) in [5.74, 6) is 0.536. The van der Waals surface area contributed by atoms with Crippen LogP contribution in [0.3, 0.4) is 0 Å². The van der Waals surface area contributed by atoms with E-state index in [0.29, 0.717) is 41.0 Å². The molecule has 7 aromatic rings.